The summed E-state index contributed by atoms with van der Waals surface area (Å²) < 4.78 is 0. The molecule has 10 atom stereocenters. The molecule has 6 heteroatoms. The van der Waals surface area contributed by atoms with E-state index in [0.717, 1.165) is 38.5 Å². The van der Waals surface area contributed by atoms with Crippen LogP contribution in [0.3, 0.4) is 0 Å². The van der Waals surface area contributed by atoms with E-state index < -0.39 is 35.0 Å². The fraction of sp³-hybridized carbons (Fsp3) is 0.867. The molecular formula is C30H46O6. The molecule has 0 aromatic heterocycles. The van der Waals surface area contributed by atoms with Crippen LogP contribution in [0.1, 0.15) is 99.3 Å². The number of rotatable bonds is 2. The van der Waals surface area contributed by atoms with Crippen LogP contribution in [-0.4, -0.2) is 44.6 Å². The minimum Gasteiger partial charge on any atom is -0.481 e. The Kier molecular flexibility index (Phi) is 5.53. The van der Waals surface area contributed by atoms with E-state index in [4.69, 9.17) is 0 Å². The molecule has 0 radical (unpaired) electrons. The van der Waals surface area contributed by atoms with Crippen molar-refractivity contribution >= 4 is 11.9 Å². The second-order valence-corrected chi connectivity index (χ2v) is 14.9. The van der Waals surface area contributed by atoms with Crippen LogP contribution in [0, 0.1) is 50.2 Å². The largest absolute Gasteiger partial charge is 0.481 e. The number of hydrogen-bond donors (Lipinski definition) is 4. The average Bonchev–Trinajstić information content (AvgIpc) is 2.76. The lowest BCUT2D eigenvalue weighted by Gasteiger charge is -2.71. The summed E-state index contributed by atoms with van der Waals surface area (Å²) in [6.07, 6.45) is 6.70. The lowest BCUT2D eigenvalue weighted by Crippen LogP contribution is -2.68. The monoisotopic (exact) mass is 502 g/mol. The third kappa shape index (κ3) is 2.92. The predicted molar refractivity (Wildman–Crippen MR) is 136 cm³/mol. The quantitative estimate of drug-likeness (QED) is 0.383. The normalized spacial score (nSPS) is 53.7. The standard InChI is InChI=1S/C30H46O6/c1-25(2)13-14-30(24(35)36)18(15-25)17-7-8-19-26(3)11-10-21(31)29(6,23(33)34)20(26)9-12-27(19,4)28(17,5)16-22(30)32/h7,18-22,31-32H,8-16H2,1-6H3,(H,33,34)(H,35,36)/t18-,19+,20+,21-,22+,26+,27+,28+,29-,30+/m0/s1. The fourth-order valence-electron chi connectivity index (χ4n) is 10.7. The van der Waals surface area contributed by atoms with E-state index in [1.165, 1.54) is 5.57 Å². The first-order valence-electron chi connectivity index (χ1n) is 14.0. The molecule has 5 rings (SSSR count). The van der Waals surface area contributed by atoms with Crippen LogP contribution < -0.4 is 0 Å². The minimum absolute atomic E-state index is 0.0205. The number of carboxylic acid groups (broad SMARTS) is 2. The molecule has 36 heavy (non-hydrogen) atoms. The molecule has 0 aromatic carbocycles. The summed E-state index contributed by atoms with van der Waals surface area (Å²) in [4.78, 5) is 25.3. The van der Waals surface area contributed by atoms with Gasteiger partial charge in [0, 0.05) is 0 Å². The van der Waals surface area contributed by atoms with Crippen molar-refractivity contribution in [2.75, 3.05) is 0 Å². The maximum atomic E-state index is 12.8. The molecule has 6 nitrogen and oxygen atoms in total. The fourth-order valence-corrected chi connectivity index (χ4v) is 10.7. The van der Waals surface area contributed by atoms with Crippen LogP contribution in [0.4, 0.5) is 0 Å². The third-order valence-corrected chi connectivity index (χ3v) is 13.2. The second-order valence-electron chi connectivity index (χ2n) is 14.9. The highest BCUT2D eigenvalue weighted by Crippen LogP contribution is 2.75. The van der Waals surface area contributed by atoms with E-state index in [-0.39, 0.29) is 39.4 Å². The van der Waals surface area contributed by atoms with Gasteiger partial charge in [0.25, 0.3) is 0 Å². The van der Waals surface area contributed by atoms with Crippen LogP contribution in [0.5, 0.6) is 0 Å². The molecule has 0 aromatic rings. The summed E-state index contributed by atoms with van der Waals surface area (Å²) in [5.41, 5.74) is -1.82. The molecule has 5 aliphatic carbocycles. The highest BCUT2D eigenvalue weighted by Gasteiger charge is 2.72. The van der Waals surface area contributed by atoms with Gasteiger partial charge in [0.15, 0.2) is 0 Å². The lowest BCUT2D eigenvalue weighted by atomic mass is 9.33. The van der Waals surface area contributed by atoms with Crippen molar-refractivity contribution in [3.05, 3.63) is 11.6 Å². The molecular weight excluding hydrogens is 456 g/mol. The molecule has 0 spiro atoms. The van der Waals surface area contributed by atoms with Gasteiger partial charge < -0.3 is 20.4 Å². The number of allylic oxidation sites excluding steroid dienone is 2. The molecule has 4 N–H and O–H groups in total. The Balaban J connectivity index is 1.63. The van der Waals surface area contributed by atoms with Crippen molar-refractivity contribution in [2.24, 2.45) is 50.2 Å². The molecule has 0 bridgehead atoms. The molecule has 0 amide bonds. The van der Waals surface area contributed by atoms with E-state index in [1.807, 2.05) is 0 Å². The Labute approximate surface area is 215 Å². The van der Waals surface area contributed by atoms with Gasteiger partial charge in [0.2, 0.25) is 0 Å². The number of carboxylic acids is 2. The zero-order chi connectivity index (χ0) is 26.7. The first kappa shape index (κ1) is 26.2. The van der Waals surface area contributed by atoms with Crippen LogP contribution in [0.25, 0.3) is 0 Å². The predicted octanol–water partition coefficient (Wildman–Crippen LogP) is 5.27. The van der Waals surface area contributed by atoms with E-state index in [9.17, 15) is 30.0 Å². The number of aliphatic carboxylic acids is 2. The van der Waals surface area contributed by atoms with E-state index in [0.29, 0.717) is 19.3 Å². The highest BCUT2D eigenvalue weighted by atomic mass is 16.4. The Morgan fingerprint density at radius 2 is 1.47 bits per heavy atom. The van der Waals surface area contributed by atoms with Gasteiger partial charge in [0.1, 0.15) is 5.41 Å². The first-order valence-corrected chi connectivity index (χ1v) is 14.0. The Morgan fingerprint density at radius 1 is 0.806 bits per heavy atom. The van der Waals surface area contributed by atoms with Crippen LogP contribution in [-0.2, 0) is 9.59 Å². The SMILES string of the molecule is CC1(C)CC[C@]2(C(=O)O)[C@H](O)C[C@]3(C)C(=CC[C@@H]4[C@@]5(C)CC[C@H](O)[C@@](C)(C(=O)O)[C@@H]5CC[C@]43C)[C@@H]2C1. The van der Waals surface area contributed by atoms with E-state index >= 15 is 0 Å². The highest BCUT2D eigenvalue weighted by molar-refractivity contribution is 5.78. The van der Waals surface area contributed by atoms with E-state index in [1.54, 1.807) is 6.92 Å². The summed E-state index contributed by atoms with van der Waals surface area (Å²) in [5.74, 6) is -1.86. The van der Waals surface area contributed by atoms with Crippen LogP contribution in [0.15, 0.2) is 11.6 Å². The molecule has 4 fully saturated rings. The maximum Gasteiger partial charge on any atom is 0.312 e. The van der Waals surface area contributed by atoms with Gasteiger partial charge in [-0.25, -0.2) is 0 Å². The smallest absolute Gasteiger partial charge is 0.312 e. The Bertz CT molecular complexity index is 1020. The van der Waals surface area contributed by atoms with Crippen molar-refractivity contribution in [1.29, 1.82) is 0 Å². The zero-order valence-corrected chi connectivity index (χ0v) is 22.9. The zero-order valence-electron chi connectivity index (χ0n) is 22.9. The van der Waals surface area contributed by atoms with Gasteiger partial charge in [-0.05, 0) is 104 Å². The summed E-state index contributed by atoms with van der Waals surface area (Å²) in [6, 6.07) is 0. The number of aliphatic hydroxyl groups excluding tert-OH is 2. The Hall–Kier alpha value is -1.40. The maximum absolute atomic E-state index is 12.8. The number of aliphatic hydroxyl groups is 2. The summed E-state index contributed by atoms with van der Waals surface area (Å²) in [7, 11) is 0. The first-order chi connectivity index (χ1) is 16.5. The molecule has 0 heterocycles. The van der Waals surface area contributed by atoms with Gasteiger partial charge >= 0.3 is 11.9 Å². The molecule has 202 valence electrons. The lowest BCUT2D eigenvalue weighted by molar-refractivity contribution is -0.225. The van der Waals surface area contributed by atoms with Gasteiger partial charge in [-0.3, -0.25) is 9.59 Å². The minimum atomic E-state index is -1.17. The topological polar surface area (TPSA) is 115 Å². The van der Waals surface area contributed by atoms with Crippen molar-refractivity contribution < 1.29 is 30.0 Å². The average molecular weight is 503 g/mol. The Morgan fingerprint density at radius 3 is 2.08 bits per heavy atom. The third-order valence-electron chi connectivity index (χ3n) is 13.2. The summed E-state index contributed by atoms with van der Waals surface area (Å²) in [6.45, 7) is 13.0. The van der Waals surface area contributed by atoms with Crippen molar-refractivity contribution in [3.63, 3.8) is 0 Å². The van der Waals surface area contributed by atoms with Gasteiger partial charge in [0.05, 0.1) is 17.6 Å². The van der Waals surface area contributed by atoms with Crippen LogP contribution >= 0.6 is 0 Å². The second kappa shape index (κ2) is 7.59. The number of carbonyl (C=O) groups is 2. The van der Waals surface area contributed by atoms with E-state index in [2.05, 4.69) is 40.7 Å². The van der Waals surface area contributed by atoms with Crippen molar-refractivity contribution in [1.82, 2.24) is 0 Å². The molecule has 5 aliphatic rings. The molecule has 0 unspecified atom stereocenters. The van der Waals surface area contributed by atoms with Crippen molar-refractivity contribution in [3.8, 4) is 0 Å². The van der Waals surface area contributed by atoms with Gasteiger partial charge in [-0.1, -0.05) is 46.3 Å². The summed E-state index contributed by atoms with van der Waals surface area (Å²) >= 11 is 0. The number of fused-ring (bicyclic) bond motifs is 7. The van der Waals surface area contributed by atoms with Crippen LogP contribution in [0.2, 0.25) is 0 Å². The van der Waals surface area contributed by atoms with Gasteiger partial charge in [-0.2, -0.15) is 0 Å². The van der Waals surface area contributed by atoms with Crippen molar-refractivity contribution in [2.45, 2.75) is 112 Å². The number of hydrogen-bond acceptors (Lipinski definition) is 4. The summed E-state index contributed by atoms with van der Waals surface area (Å²) in [5, 5.41) is 43.3. The van der Waals surface area contributed by atoms with Gasteiger partial charge in [-0.15, -0.1) is 0 Å². The molecule has 0 aliphatic heterocycles. The molecule has 4 saturated carbocycles. The molecule has 0 saturated heterocycles.